The highest BCUT2D eigenvalue weighted by atomic mass is 32.2. The molecule has 23 heavy (non-hydrogen) atoms. The highest BCUT2D eigenvalue weighted by molar-refractivity contribution is 7.89. The van der Waals surface area contributed by atoms with Crippen LogP contribution in [0.3, 0.4) is 0 Å². The number of sulfonamides is 1. The first kappa shape index (κ1) is 18.4. The Labute approximate surface area is 139 Å². The number of rotatable bonds is 7. The summed E-state index contributed by atoms with van der Waals surface area (Å²) in [6, 6.07) is 8.15. The van der Waals surface area contributed by atoms with Crippen LogP contribution < -0.4 is 5.32 Å². The molecule has 1 aromatic rings. The van der Waals surface area contributed by atoms with Gasteiger partial charge in [0.15, 0.2) is 0 Å². The summed E-state index contributed by atoms with van der Waals surface area (Å²) < 4.78 is 25.7. The lowest BCUT2D eigenvalue weighted by Gasteiger charge is -2.32. The van der Waals surface area contributed by atoms with Crippen LogP contribution in [0.1, 0.15) is 43.4 Å². The van der Waals surface area contributed by atoms with Crippen molar-refractivity contribution < 1.29 is 13.5 Å². The van der Waals surface area contributed by atoms with E-state index in [0.717, 1.165) is 18.4 Å². The minimum absolute atomic E-state index is 0.233. The fraction of sp³-hybridized carbons (Fsp3) is 0.647. The molecule has 1 unspecified atom stereocenters. The maximum atomic E-state index is 12.0. The van der Waals surface area contributed by atoms with Gasteiger partial charge in [-0.05, 0) is 31.7 Å². The molecule has 130 valence electrons. The third-order valence-electron chi connectivity index (χ3n) is 4.37. The van der Waals surface area contributed by atoms with Gasteiger partial charge in [0, 0.05) is 25.7 Å². The Bertz CT molecular complexity index is 578. The smallest absolute Gasteiger partial charge is 0.214 e. The summed E-state index contributed by atoms with van der Waals surface area (Å²) in [6.45, 7) is 5.55. The molecular weight excluding hydrogens is 312 g/mol. The first-order valence-corrected chi connectivity index (χ1v) is 9.99. The number of nitrogens with one attached hydrogen (secondary N) is 1. The third-order valence-corrected chi connectivity index (χ3v) is 6.45. The van der Waals surface area contributed by atoms with Gasteiger partial charge in [0.25, 0.3) is 0 Å². The topological polar surface area (TPSA) is 69.6 Å². The van der Waals surface area contributed by atoms with Crippen LogP contribution in [0.2, 0.25) is 0 Å². The van der Waals surface area contributed by atoms with Gasteiger partial charge in [-0.15, -0.1) is 0 Å². The summed E-state index contributed by atoms with van der Waals surface area (Å²) in [5, 5.41) is 13.6. The van der Waals surface area contributed by atoms with E-state index in [1.807, 2.05) is 38.1 Å². The van der Waals surface area contributed by atoms with Gasteiger partial charge in [-0.25, -0.2) is 12.7 Å². The number of aliphatic hydroxyl groups is 1. The second-order valence-corrected chi connectivity index (χ2v) is 8.41. The van der Waals surface area contributed by atoms with Gasteiger partial charge in [-0.2, -0.15) is 0 Å². The predicted molar refractivity (Wildman–Crippen MR) is 92.8 cm³/mol. The van der Waals surface area contributed by atoms with Crippen LogP contribution in [-0.2, 0) is 10.0 Å². The van der Waals surface area contributed by atoms with Gasteiger partial charge in [0.1, 0.15) is 0 Å². The first-order chi connectivity index (χ1) is 10.9. The molecule has 1 atom stereocenters. The van der Waals surface area contributed by atoms with E-state index in [4.69, 9.17) is 0 Å². The molecule has 1 saturated heterocycles. The largest absolute Gasteiger partial charge is 0.387 e. The van der Waals surface area contributed by atoms with Crippen LogP contribution in [0.15, 0.2) is 24.3 Å². The molecule has 0 aromatic heterocycles. The van der Waals surface area contributed by atoms with E-state index in [2.05, 4.69) is 5.32 Å². The van der Waals surface area contributed by atoms with Gasteiger partial charge in [-0.3, -0.25) is 0 Å². The minimum Gasteiger partial charge on any atom is -0.387 e. The van der Waals surface area contributed by atoms with E-state index < -0.39 is 16.1 Å². The Morgan fingerprint density at radius 1 is 1.26 bits per heavy atom. The van der Waals surface area contributed by atoms with E-state index in [-0.39, 0.29) is 11.8 Å². The zero-order chi connectivity index (χ0) is 16.9. The molecule has 0 amide bonds. The van der Waals surface area contributed by atoms with Crippen molar-refractivity contribution in [1.82, 2.24) is 9.62 Å². The molecule has 6 heteroatoms. The van der Waals surface area contributed by atoms with E-state index in [9.17, 15) is 13.5 Å². The Balaban J connectivity index is 1.77. The summed E-state index contributed by atoms with van der Waals surface area (Å²) in [6.07, 6.45) is 1.72. The number of hydrogen-bond donors (Lipinski definition) is 2. The van der Waals surface area contributed by atoms with Crippen molar-refractivity contribution in [3.63, 3.8) is 0 Å². The summed E-state index contributed by atoms with van der Waals surface area (Å²) >= 11 is 0. The molecule has 1 fully saturated rings. The molecule has 1 aliphatic rings. The number of benzene rings is 1. The van der Waals surface area contributed by atoms with Crippen LogP contribution in [0.25, 0.3) is 0 Å². The predicted octanol–water partition coefficient (Wildman–Crippen LogP) is 1.82. The Morgan fingerprint density at radius 2 is 1.87 bits per heavy atom. The zero-order valence-electron chi connectivity index (χ0n) is 14.0. The summed E-state index contributed by atoms with van der Waals surface area (Å²) in [4.78, 5) is 0. The average Bonchev–Trinajstić information content (AvgIpc) is 2.53. The standard InChI is InChI=1S/C17H28N2O3S/c1-3-12-23(21,22)19-10-8-16(9-11-19)18-13-17(20)15-6-4-14(2)5-7-15/h4-7,16-18,20H,3,8-13H2,1-2H3. The molecule has 0 bridgehead atoms. The lowest BCUT2D eigenvalue weighted by Crippen LogP contribution is -2.46. The molecule has 1 heterocycles. The molecule has 1 aliphatic heterocycles. The third kappa shape index (κ3) is 5.28. The molecule has 0 spiro atoms. The van der Waals surface area contributed by atoms with Gasteiger partial charge in [-0.1, -0.05) is 36.8 Å². The molecular formula is C17H28N2O3S. The Kier molecular flexibility index (Phi) is 6.59. The van der Waals surface area contributed by atoms with Crippen LogP contribution in [0.5, 0.6) is 0 Å². The number of aryl methyl sites for hydroxylation is 1. The zero-order valence-corrected chi connectivity index (χ0v) is 14.8. The van der Waals surface area contributed by atoms with Crippen molar-refractivity contribution >= 4 is 10.0 Å². The number of nitrogens with zero attached hydrogens (tertiary/aromatic N) is 1. The van der Waals surface area contributed by atoms with Crippen LogP contribution in [-0.4, -0.2) is 49.3 Å². The normalized spacial score (nSPS) is 18.9. The van der Waals surface area contributed by atoms with Crippen molar-refractivity contribution in [3.05, 3.63) is 35.4 Å². The second kappa shape index (κ2) is 8.24. The SMILES string of the molecule is CCCS(=O)(=O)N1CCC(NCC(O)c2ccc(C)cc2)CC1. The van der Waals surface area contributed by atoms with Gasteiger partial charge in [0.05, 0.1) is 11.9 Å². The van der Waals surface area contributed by atoms with E-state index in [0.29, 0.717) is 26.1 Å². The van der Waals surface area contributed by atoms with Crippen LogP contribution in [0, 0.1) is 6.92 Å². The maximum Gasteiger partial charge on any atom is 0.214 e. The van der Waals surface area contributed by atoms with E-state index in [1.165, 1.54) is 5.56 Å². The second-order valence-electron chi connectivity index (χ2n) is 6.32. The Morgan fingerprint density at radius 3 is 2.43 bits per heavy atom. The highest BCUT2D eigenvalue weighted by Gasteiger charge is 2.27. The van der Waals surface area contributed by atoms with Gasteiger partial charge in [0.2, 0.25) is 10.0 Å². The van der Waals surface area contributed by atoms with Crippen molar-refractivity contribution in [2.75, 3.05) is 25.4 Å². The van der Waals surface area contributed by atoms with Crippen molar-refractivity contribution in [1.29, 1.82) is 0 Å². The fourth-order valence-electron chi connectivity index (χ4n) is 2.91. The van der Waals surface area contributed by atoms with Gasteiger partial charge < -0.3 is 10.4 Å². The molecule has 2 rings (SSSR count). The van der Waals surface area contributed by atoms with E-state index in [1.54, 1.807) is 4.31 Å². The van der Waals surface area contributed by atoms with Crippen molar-refractivity contribution in [2.24, 2.45) is 0 Å². The molecule has 2 N–H and O–H groups in total. The Hall–Kier alpha value is -0.950. The minimum atomic E-state index is -3.08. The lowest BCUT2D eigenvalue weighted by molar-refractivity contribution is 0.162. The maximum absolute atomic E-state index is 12.0. The molecule has 1 aromatic carbocycles. The molecule has 5 nitrogen and oxygen atoms in total. The monoisotopic (exact) mass is 340 g/mol. The van der Waals surface area contributed by atoms with Crippen molar-refractivity contribution in [2.45, 2.75) is 45.3 Å². The van der Waals surface area contributed by atoms with E-state index >= 15 is 0 Å². The van der Waals surface area contributed by atoms with Crippen molar-refractivity contribution in [3.8, 4) is 0 Å². The molecule has 0 radical (unpaired) electrons. The number of piperidine rings is 1. The molecule has 0 aliphatic carbocycles. The average molecular weight is 340 g/mol. The van der Waals surface area contributed by atoms with Crippen LogP contribution >= 0.6 is 0 Å². The first-order valence-electron chi connectivity index (χ1n) is 8.38. The molecule has 0 saturated carbocycles. The summed E-state index contributed by atoms with van der Waals surface area (Å²) in [5.74, 6) is 0.233. The number of hydrogen-bond acceptors (Lipinski definition) is 4. The van der Waals surface area contributed by atoms with Crippen LogP contribution in [0.4, 0.5) is 0 Å². The fourth-order valence-corrected chi connectivity index (χ4v) is 4.45. The van der Waals surface area contributed by atoms with Gasteiger partial charge >= 0.3 is 0 Å². The lowest BCUT2D eigenvalue weighted by atomic mass is 10.0. The quantitative estimate of drug-likeness (QED) is 0.794. The summed E-state index contributed by atoms with van der Waals surface area (Å²) in [7, 11) is -3.08. The highest BCUT2D eigenvalue weighted by Crippen LogP contribution is 2.17. The summed E-state index contributed by atoms with van der Waals surface area (Å²) in [5.41, 5.74) is 2.08. The number of aliphatic hydroxyl groups excluding tert-OH is 1.